The first kappa shape index (κ1) is 19.1. The molecule has 0 unspecified atom stereocenters. The molecule has 27 heavy (non-hydrogen) atoms. The first-order valence-corrected chi connectivity index (χ1v) is 9.97. The van der Waals surface area contributed by atoms with Gasteiger partial charge in [0.15, 0.2) is 6.04 Å². The van der Waals surface area contributed by atoms with Crippen molar-refractivity contribution in [3.8, 4) is 0 Å². The number of hydrogen-bond donors (Lipinski definition) is 1. The van der Waals surface area contributed by atoms with Crippen molar-refractivity contribution in [1.29, 1.82) is 0 Å². The Kier molecular flexibility index (Phi) is 5.05. The van der Waals surface area contributed by atoms with Crippen LogP contribution in [0.1, 0.15) is 36.4 Å². The molecule has 1 aliphatic heterocycles. The van der Waals surface area contributed by atoms with Gasteiger partial charge in [-0.05, 0) is 31.9 Å². The highest BCUT2D eigenvalue weighted by atomic mass is 32.2. The van der Waals surface area contributed by atoms with E-state index in [4.69, 9.17) is 9.26 Å². The number of benzene rings is 1. The molecule has 1 aromatic carbocycles. The zero-order valence-electron chi connectivity index (χ0n) is 15.5. The van der Waals surface area contributed by atoms with Gasteiger partial charge in [0, 0.05) is 5.56 Å². The highest BCUT2D eigenvalue weighted by Crippen LogP contribution is 2.24. The molecule has 1 aliphatic rings. The van der Waals surface area contributed by atoms with Gasteiger partial charge in [0.25, 0.3) is 10.0 Å². The van der Waals surface area contributed by atoms with Crippen LogP contribution in [0.15, 0.2) is 38.7 Å². The minimum Gasteiger partial charge on any atom is -0.459 e. The Hall–Kier alpha value is -2.68. The second-order valence-corrected chi connectivity index (χ2v) is 8.33. The summed E-state index contributed by atoms with van der Waals surface area (Å²) >= 11 is 0. The van der Waals surface area contributed by atoms with E-state index in [1.807, 2.05) is 13.8 Å². The smallest absolute Gasteiger partial charge is 0.331 e. The van der Waals surface area contributed by atoms with Gasteiger partial charge in [0.1, 0.15) is 18.2 Å². The Morgan fingerprint density at radius 2 is 2.00 bits per heavy atom. The summed E-state index contributed by atoms with van der Waals surface area (Å²) in [6.07, 6.45) is 0. The molecule has 0 saturated carbocycles. The number of aliphatic imine (C=N–C) groups is 1. The van der Waals surface area contributed by atoms with Gasteiger partial charge in [-0.25, -0.2) is 13.2 Å². The first-order chi connectivity index (χ1) is 12.7. The van der Waals surface area contributed by atoms with Crippen molar-refractivity contribution in [2.75, 3.05) is 0 Å². The topological polar surface area (TPSA) is 111 Å². The zero-order valence-corrected chi connectivity index (χ0v) is 16.3. The number of carbonyl (C=O) groups is 1. The monoisotopic (exact) mass is 391 g/mol. The van der Waals surface area contributed by atoms with Crippen molar-refractivity contribution in [2.24, 2.45) is 10.9 Å². The van der Waals surface area contributed by atoms with Crippen LogP contribution in [0.25, 0.3) is 0 Å². The summed E-state index contributed by atoms with van der Waals surface area (Å²) in [7, 11) is -3.66. The van der Waals surface area contributed by atoms with Crippen molar-refractivity contribution in [1.82, 2.24) is 9.88 Å². The Balaban J connectivity index is 1.84. The van der Waals surface area contributed by atoms with Gasteiger partial charge in [-0.15, -0.1) is 0 Å². The standard InChI is InChI=1S/C18H21N3O5S/c1-10(2)16(18(22)25-9-14-11(3)20-26-12(14)4)19-17-13-7-5-6-8-15(13)27(23,24)21-17/h5-8,10,16H,9H2,1-4H3,(H,19,21)/t16-/m0/s1. The SMILES string of the molecule is Cc1noc(C)c1COC(=O)[C@@H](N=C1NS(=O)(=O)c2ccccc21)C(C)C. The molecule has 0 bridgehead atoms. The van der Waals surface area contributed by atoms with E-state index in [0.29, 0.717) is 22.6 Å². The molecule has 2 aromatic rings. The molecule has 0 aliphatic carbocycles. The number of aromatic nitrogens is 1. The van der Waals surface area contributed by atoms with Crippen LogP contribution in [0.5, 0.6) is 0 Å². The van der Waals surface area contributed by atoms with E-state index in [9.17, 15) is 13.2 Å². The van der Waals surface area contributed by atoms with Crippen LogP contribution in [-0.4, -0.2) is 31.4 Å². The Morgan fingerprint density at radius 3 is 2.63 bits per heavy atom. The highest BCUT2D eigenvalue weighted by molar-refractivity contribution is 7.90. The largest absolute Gasteiger partial charge is 0.459 e. The molecule has 0 spiro atoms. The second-order valence-electron chi connectivity index (χ2n) is 6.68. The van der Waals surface area contributed by atoms with Crippen LogP contribution in [0.3, 0.4) is 0 Å². The minimum absolute atomic E-state index is 0.0242. The number of sulfonamides is 1. The molecule has 9 heteroatoms. The summed E-state index contributed by atoms with van der Waals surface area (Å²) in [4.78, 5) is 17.1. The van der Waals surface area contributed by atoms with Crippen LogP contribution in [0.2, 0.25) is 0 Å². The Bertz CT molecular complexity index is 988. The van der Waals surface area contributed by atoms with Gasteiger partial charge in [0.2, 0.25) is 0 Å². The summed E-state index contributed by atoms with van der Waals surface area (Å²) in [5.74, 6) is 0.0109. The molecule has 1 N–H and O–H groups in total. The summed E-state index contributed by atoms with van der Waals surface area (Å²) in [6.45, 7) is 7.18. The molecule has 1 aromatic heterocycles. The van der Waals surface area contributed by atoms with Crippen LogP contribution in [0, 0.1) is 19.8 Å². The number of amidine groups is 1. The average Bonchev–Trinajstić information content (AvgIpc) is 3.07. The number of nitrogens with zero attached hydrogens (tertiary/aromatic N) is 2. The number of aryl methyl sites for hydroxylation is 2. The van der Waals surface area contributed by atoms with Gasteiger partial charge in [-0.3, -0.25) is 9.71 Å². The molecular weight excluding hydrogens is 370 g/mol. The normalized spacial score (nSPS) is 17.6. The van der Waals surface area contributed by atoms with Gasteiger partial charge in [-0.1, -0.05) is 31.1 Å². The lowest BCUT2D eigenvalue weighted by Crippen LogP contribution is -2.31. The lowest BCUT2D eigenvalue weighted by molar-refractivity contribution is -0.147. The van der Waals surface area contributed by atoms with E-state index in [0.717, 1.165) is 0 Å². The van der Waals surface area contributed by atoms with E-state index in [-0.39, 0.29) is 23.3 Å². The maximum atomic E-state index is 12.6. The third-order valence-electron chi connectivity index (χ3n) is 4.34. The fourth-order valence-electron chi connectivity index (χ4n) is 2.78. The number of esters is 1. The number of rotatable bonds is 5. The van der Waals surface area contributed by atoms with Gasteiger partial charge < -0.3 is 9.26 Å². The molecule has 144 valence electrons. The fraction of sp³-hybridized carbons (Fsp3) is 0.389. The lowest BCUT2D eigenvalue weighted by Gasteiger charge is -2.16. The van der Waals surface area contributed by atoms with E-state index in [2.05, 4.69) is 14.9 Å². The van der Waals surface area contributed by atoms with E-state index in [1.54, 1.807) is 32.0 Å². The summed E-state index contributed by atoms with van der Waals surface area (Å²) < 4.78 is 37.3. The van der Waals surface area contributed by atoms with Crippen molar-refractivity contribution < 1.29 is 22.5 Å². The molecule has 0 fully saturated rings. The first-order valence-electron chi connectivity index (χ1n) is 8.49. The third kappa shape index (κ3) is 3.73. The maximum Gasteiger partial charge on any atom is 0.331 e. The number of fused-ring (bicyclic) bond motifs is 1. The summed E-state index contributed by atoms with van der Waals surface area (Å²) in [5, 5.41) is 3.83. The van der Waals surface area contributed by atoms with Crippen molar-refractivity contribution in [3.63, 3.8) is 0 Å². The lowest BCUT2D eigenvalue weighted by atomic mass is 10.0. The number of nitrogens with one attached hydrogen (secondary N) is 1. The van der Waals surface area contributed by atoms with Crippen molar-refractivity contribution in [3.05, 3.63) is 46.8 Å². The van der Waals surface area contributed by atoms with Crippen LogP contribution < -0.4 is 4.72 Å². The predicted octanol–water partition coefficient (Wildman–Crippen LogP) is 2.10. The molecule has 0 saturated heterocycles. The average molecular weight is 391 g/mol. The molecule has 2 heterocycles. The van der Waals surface area contributed by atoms with E-state index >= 15 is 0 Å². The highest BCUT2D eigenvalue weighted by Gasteiger charge is 2.33. The van der Waals surface area contributed by atoms with E-state index < -0.39 is 22.0 Å². The summed E-state index contributed by atoms with van der Waals surface area (Å²) in [6, 6.07) is 5.66. The van der Waals surface area contributed by atoms with E-state index in [1.165, 1.54) is 6.07 Å². The predicted molar refractivity (Wildman–Crippen MR) is 97.7 cm³/mol. The molecule has 0 radical (unpaired) electrons. The molecule has 0 amide bonds. The van der Waals surface area contributed by atoms with Crippen molar-refractivity contribution in [2.45, 2.75) is 45.2 Å². The molecule has 3 rings (SSSR count). The second kappa shape index (κ2) is 7.15. The van der Waals surface area contributed by atoms with Crippen molar-refractivity contribution >= 4 is 21.8 Å². The van der Waals surface area contributed by atoms with Crippen LogP contribution >= 0.6 is 0 Å². The molecular formula is C18H21N3O5S. The van der Waals surface area contributed by atoms with Gasteiger partial charge in [-0.2, -0.15) is 0 Å². The van der Waals surface area contributed by atoms with Crippen LogP contribution in [-0.2, 0) is 26.2 Å². The molecule has 8 nitrogen and oxygen atoms in total. The molecule has 1 atom stereocenters. The quantitative estimate of drug-likeness (QED) is 0.782. The zero-order chi connectivity index (χ0) is 19.8. The number of hydrogen-bond acceptors (Lipinski definition) is 7. The minimum atomic E-state index is -3.66. The number of carbonyl (C=O) groups excluding carboxylic acids is 1. The Morgan fingerprint density at radius 1 is 1.30 bits per heavy atom. The maximum absolute atomic E-state index is 12.6. The number of ether oxygens (including phenoxy) is 1. The Labute approximate surface area is 157 Å². The third-order valence-corrected chi connectivity index (χ3v) is 5.74. The van der Waals surface area contributed by atoms with Gasteiger partial charge >= 0.3 is 5.97 Å². The fourth-order valence-corrected chi connectivity index (χ4v) is 4.02. The van der Waals surface area contributed by atoms with Crippen LogP contribution in [0.4, 0.5) is 0 Å². The van der Waals surface area contributed by atoms with Gasteiger partial charge in [0.05, 0.1) is 16.2 Å². The summed E-state index contributed by atoms with van der Waals surface area (Å²) in [5.41, 5.74) is 1.82.